The van der Waals surface area contributed by atoms with Gasteiger partial charge in [-0.2, -0.15) is 0 Å². The van der Waals surface area contributed by atoms with Crippen molar-refractivity contribution in [2.45, 2.75) is 74.2 Å². The van der Waals surface area contributed by atoms with Gasteiger partial charge in [-0.05, 0) is 105 Å². The van der Waals surface area contributed by atoms with E-state index in [1.54, 1.807) is 25.3 Å². The van der Waals surface area contributed by atoms with Gasteiger partial charge in [0.25, 0.3) is 5.91 Å². The third-order valence-corrected chi connectivity index (χ3v) is 12.5. The molecule has 0 unspecified atom stereocenters. The fourth-order valence-electron chi connectivity index (χ4n) is 7.94. The zero-order valence-corrected chi connectivity index (χ0v) is 28.2. The van der Waals surface area contributed by atoms with Crippen molar-refractivity contribution in [1.82, 2.24) is 4.72 Å². The molecule has 6 rings (SSSR count). The number of sulfonamides is 1. The first-order valence-electron chi connectivity index (χ1n) is 16.4. The monoisotopic (exact) mass is 672 g/mol. The molecule has 2 bridgehead atoms. The molecule has 4 aliphatic rings. The lowest BCUT2D eigenvalue weighted by Gasteiger charge is -2.46. The topological polar surface area (TPSA) is 114 Å². The van der Waals surface area contributed by atoms with Crippen LogP contribution in [0.4, 0.5) is 5.69 Å². The maximum atomic E-state index is 13.6. The molecule has 2 aromatic rings. The second kappa shape index (κ2) is 13.8. The second-order valence-corrected chi connectivity index (χ2v) is 15.8. The molecule has 1 amide bonds. The molecule has 0 radical (unpaired) electrons. The van der Waals surface area contributed by atoms with Crippen molar-refractivity contribution < 1.29 is 32.5 Å². The van der Waals surface area contributed by atoms with Crippen molar-refractivity contribution >= 4 is 33.2 Å². The normalized spacial score (nSPS) is 30.5. The van der Waals surface area contributed by atoms with Crippen LogP contribution in [-0.2, 0) is 31.3 Å². The predicted octanol–water partition coefficient (Wildman–Crippen LogP) is 5.03. The Morgan fingerprint density at radius 1 is 1.17 bits per heavy atom. The van der Waals surface area contributed by atoms with Gasteiger partial charge in [-0.25, -0.2) is 13.1 Å². The molecule has 1 spiro atoms. The second-order valence-electron chi connectivity index (χ2n) is 13.4. The number of aliphatic hydroxyl groups is 1. The molecule has 9 nitrogen and oxygen atoms in total. The van der Waals surface area contributed by atoms with E-state index in [4.69, 9.17) is 25.8 Å². The van der Waals surface area contributed by atoms with Crippen molar-refractivity contribution in [3.63, 3.8) is 0 Å². The molecular formula is C35H45ClN2O7S. The average Bonchev–Trinajstić information content (AvgIpc) is 3.16. The van der Waals surface area contributed by atoms with Crippen LogP contribution in [0.1, 0.15) is 66.4 Å². The van der Waals surface area contributed by atoms with Gasteiger partial charge in [-0.15, -0.1) is 0 Å². The summed E-state index contributed by atoms with van der Waals surface area (Å²) in [5.74, 6) is 0.658. The number of nitrogens with one attached hydrogen (secondary N) is 1. The highest BCUT2D eigenvalue weighted by atomic mass is 35.5. The number of nitrogens with zero attached hydrogens (tertiary/aromatic N) is 1. The number of hydrogen-bond donors (Lipinski definition) is 2. The lowest BCUT2D eigenvalue weighted by atomic mass is 9.68. The lowest BCUT2D eigenvalue weighted by molar-refractivity contribution is 0.0131. The molecule has 1 saturated carbocycles. The Morgan fingerprint density at radius 2 is 2.02 bits per heavy atom. The lowest BCUT2D eigenvalue weighted by Crippen LogP contribution is -2.49. The van der Waals surface area contributed by atoms with Crippen molar-refractivity contribution in [3.8, 4) is 5.75 Å². The van der Waals surface area contributed by atoms with E-state index in [0.717, 1.165) is 49.4 Å². The van der Waals surface area contributed by atoms with Gasteiger partial charge in [0.1, 0.15) is 5.75 Å². The number of allylic oxidation sites excluding steroid dienone is 1. The van der Waals surface area contributed by atoms with Gasteiger partial charge >= 0.3 is 0 Å². The quantitative estimate of drug-likeness (QED) is 0.426. The molecule has 46 heavy (non-hydrogen) atoms. The summed E-state index contributed by atoms with van der Waals surface area (Å²) in [6, 6.07) is 11.4. The van der Waals surface area contributed by atoms with Crippen LogP contribution in [0.25, 0.3) is 0 Å². The smallest absolute Gasteiger partial charge is 0.264 e. The Hall–Kier alpha value is -2.63. The minimum absolute atomic E-state index is 0.00425. The van der Waals surface area contributed by atoms with E-state index in [9.17, 15) is 18.3 Å². The summed E-state index contributed by atoms with van der Waals surface area (Å²) < 4.78 is 47.1. The Kier molecular flexibility index (Phi) is 10.0. The fourth-order valence-corrected chi connectivity index (χ4v) is 9.60. The number of hydrogen-bond acceptors (Lipinski definition) is 8. The van der Waals surface area contributed by atoms with Crippen LogP contribution in [0.2, 0.25) is 5.02 Å². The minimum Gasteiger partial charge on any atom is -0.490 e. The first-order chi connectivity index (χ1) is 22.1. The molecule has 2 heterocycles. The van der Waals surface area contributed by atoms with E-state index in [0.29, 0.717) is 37.2 Å². The highest BCUT2D eigenvalue weighted by Gasteiger charge is 2.44. The number of amides is 1. The molecule has 0 saturated heterocycles. The number of halogens is 1. The molecule has 6 atom stereocenters. The van der Waals surface area contributed by atoms with E-state index >= 15 is 0 Å². The molecule has 2 aliphatic heterocycles. The molecular weight excluding hydrogens is 628 g/mol. The molecule has 2 aliphatic carbocycles. The van der Waals surface area contributed by atoms with Gasteiger partial charge in [0.2, 0.25) is 10.0 Å². The average molecular weight is 673 g/mol. The van der Waals surface area contributed by atoms with Crippen molar-refractivity contribution in [3.05, 3.63) is 70.3 Å². The van der Waals surface area contributed by atoms with E-state index in [1.807, 2.05) is 12.1 Å². The zero-order valence-electron chi connectivity index (χ0n) is 26.6. The van der Waals surface area contributed by atoms with Gasteiger partial charge in [0.15, 0.2) is 0 Å². The summed E-state index contributed by atoms with van der Waals surface area (Å²) in [5, 5.41) is 10.2. The van der Waals surface area contributed by atoms with Crippen molar-refractivity contribution in [2.75, 3.05) is 45.4 Å². The molecule has 2 N–H and O–H groups in total. The summed E-state index contributed by atoms with van der Waals surface area (Å²) >= 11 is 6.42. The largest absolute Gasteiger partial charge is 0.490 e. The predicted molar refractivity (Wildman–Crippen MR) is 178 cm³/mol. The van der Waals surface area contributed by atoms with E-state index in [1.165, 1.54) is 18.2 Å². The molecule has 2 aromatic carbocycles. The highest BCUT2D eigenvalue weighted by molar-refractivity contribution is 7.90. The first-order valence-corrected chi connectivity index (χ1v) is 18.3. The van der Waals surface area contributed by atoms with Gasteiger partial charge in [-0.3, -0.25) is 4.79 Å². The van der Waals surface area contributed by atoms with Crippen LogP contribution >= 0.6 is 11.6 Å². The summed E-state index contributed by atoms with van der Waals surface area (Å²) in [7, 11) is -0.943. The van der Waals surface area contributed by atoms with Gasteiger partial charge < -0.3 is 24.2 Å². The van der Waals surface area contributed by atoms with Crippen LogP contribution < -0.4 is 14.4 Å². The van der Waals surface area contributed by atoms with Crippen LogP contribution in [0.3, 0.4) is 0 Å². The fraction of sp³-hybridized carbons (Fsp3) is 0.571. The maximum Gasteiger partial charge on any atom is 0.264 e. The number of benzene rings is 2. The Labute approximate surface area is 277 Å². The maximum absolute atomic E-state index is 13.6. The SMILES string of the molecule is COC[C@@H](O)C[C@@H]1CC/C=C\[C@H](OC)[C@@H]2CC[C@H]2CN2C[C@@]3(CCCc4cc(Cl)ccc43)COc3ccc(cc32)C(=O)NS1(=O)=O. The van der Waals surface area contributed by atoms with Crippen LogP contribution in [0.15, 0.2) is 48.6 Å². The number of anilines is 1. The molecule has 11 heteroatoms. The Bertz CT molecular complexity index is 1570. The number of carbonyl (C=O) groups excluding carboxylic acids is 1. The highest BCUT2D eigenvalue weighted by Crippen LogP contribution is 2.47. The van der Waals surface area contributed by atoms with Crippen LogP contribution in [0, 0.1) is 11.8 Å². The van der Waals surface area contributed by atoms with Gasteiger partial charge in [0.05, 0.1) is 36.4 Å². The van der Waals surface area contributed by atoms with Crippen LogP contribution in [0.5, 0.6) is 5.75 Å². The summed E-state index contributed by atoms with van der Waals surface area (Å²) in [4.78, 5) is 15.9. The third-order valence-electron chi connectivity index (χ3n) is 10.5. The first kappa shape index (κ1) is 33.3. The Balaban J connectivity index is 1.39. The number of fused-ring (bicyclic) bond motifs is 4. The molecule has 0 aromatic heterocycles. The number of ether oxygens (including phenoxy) is 3. The summed E-state index contributed by atoms with van der Waals surface area (Å²) in [6.07, 6.45) is 8.67. The Morgan fingerprint density at radius 3 is 2.78 bits per heavy atom. The molecule has 250 valence electrons. The number of aryl methyl sites for hydroxylation is 1. The van der Waals surface area contributed by atoms with E-state index < -0.39 is 27.3 Å². The van der Waals surface area contributed by atoms with E-state index in [2.05, 4.69) is 27.8 Å². The summed E-state index contributed by atoms with van der Waals surface area (Å²) in [6.45, 7) is 1.97. The van der Waals surface area contributed by atoms with Crippen molar-refractivity contribution in [1.29, 1.82) is 0 Å². The molecule has 1 fully saturated rings. The standard InChI is InChI=1S/C35H45ClN2O7S/c1-43-20-27(39)18-28-7-3-4-8-32(44-2)29-12-9-25(29)19-38-21-35(15-5-6-23-16-26(36)11-13-30(23)35)22-45-33-14-10-24(17-31(33)38)34(40)37-46(28,41)42/h4,8,10-11,13-14,16-17,25,27-29,32,39H,3,5-7,9,12,15,18-22H2,1-2H3,(H,37,40)/b8-4-/t25-,27-,28-,29+,32-,35-/m0/s1. The number of rotatable bonds is 5. The number of carbonyl (C=O) groups is 1. The van der Waals surface area contributed by atoms with E-state index in [-0.39, 0.29) is 36.5 Å². The number of methoxy groups -OCH3 is 2. The van der Waals surface area contributed by atoms with Gasteiger partial charge in [-0.1, -0.05) is 29.8 Å². The number of aliphatic hydroxyl groups excluding tert-OH is 1. The van der Waals surface area contributed by atoms with Crippen molar-refractivity contribution in [2.24, 2.45) is 11.8 Å². The summed E-state index contributed by atoms with van der Waals surface area (Å²) in [5.41, 5.74) is 3.28. The minimum atomic E-state index is -4.13. The third kappa shape index (κ3) is 6.83. The van der Waals surface area contributed by atoms with Crippen LogP contribution in [-0.4, -0.2) is 77.4 Å². The van der Waals surface area contributed by atoms with Gasteiger partial charge in [0, 0.05) is 43.3 Å². The zero-order chi connectivity index (χ0) is 32.5.